The predicted octanol–water partition coefficient (Wildman–Crippen LogP) is 0.272. The highest BCUT2D eigenvalue weighted by Crippen LogP contribution is 2.28. The Morgan fingerprint density at radius 1 is 1.56 bits per heavy atom. The van der Waals surface area contributed by atoms with E-state index in [0.29, 0.717) is 12.7 Å². The highest BCUT2D eigenvalue weighted by molar-refractivity contribution is 5.86. The van der Waals surface area contributed by atoms with Crippen LogP contribution in [0.4, 0.5) is 13.2 Å². The van der Waals surface area contributed by atoms with Crippen molar-refractivity contribution in [3.63, 3.8) is 0 Å². The van der Waals surface area contributed by atoms with Gasteiger partial charge in [0.2, 0.25) is 5.91 Å². The van der Waals surface area contributed by atoms with Crippen molar-refractivity contribution in [2.45, 2.75) is 31.6 Å². The van der Waals surface area contributed by atoms with Crippen LogP contribution < -0.4 is 11.1 Å². The first-order chi connectivity index (χ1) is 8.07. The standard InChI is InChI=1S/C9H14F3N5O/c1-5(6-16-14-4-17(6)3)15-7(18)8(2,13)9(10,11)12/h4-5H,13H2,1-3H3,(H,15,18). The quantitative estimate of drug-likeness (QED) is 0.821. The first-order valence-electron chi connectivity index (χ1n) is 5.08. The molecule has 0 saturated heterocycles. The molecule has 0 fully saturated rings. The van der Waals surface area contributed by atoms with Gasteiger partial charge in [-0.05, 0) is 13.8 Å². The highest BCUT2D eigenvalue weighted by atomic mass is 19.4. The van der Waals surface area contributed by atoms with Crippen LogP contribution in [0.1, 0.15) is 25.7 Å². The van der Waals surface area contributed by atoms with Gasteiger partial charge in [0.1, 0.15) is 6.33 Å². The van der Waals surface area contributed by atoms with Gasteiger partial charge in [0.15, 0.2) is 11.4 Å². The number of aryl methyl sites for hydroxylation is 1. The summed E-state index contributed by atoms with van der Waals surface area (Å²) in [4.78, 5) is 11.5. The lowest BCUT2D eigenvalue weighted by molar-refractivity contribution is -0.187. The van der Waals surface area contributed by atoms with E-state index in [4.69, 9.17) is 5.73 Å². The smallest absolute Gasteiger partial charge is 0.344 e. The molecule has 0 spiro atoms. The van der Waals surface area contributed by atoms with E-state index in [1.807, 2.05) is 0 Å². The van der Waals surface area contributed by atoms with E-state index < -0.39 is 23.7 Å². The van der Waals surface area contributed by atoms with Crippen molar-refractivity contribution in [1.29, 1.82) is 0 Å². The maximum absolute atomic E-state index is 12.5. The van der Waals surface area contributed by atoms with Crippen molar-refractivity contribution in [3.8, 4) is 0 Å². The monoisotopic (exact) mass is 265 g/mol. The van der Waals surface area contributed by atoms with Crippen molar-refractivity contribution in [2.24, 2.45) is 12.8 Å². The second kappa shape index (κ2) is 4.56. The molecule has 0 saturated carbocycles. The highest BCUT2D eigenvalue weighted by Gasteiger charge is 2.54. The fourth-order valence-electron chi connectivity index (χ4n) is 1.22. The van der Waals surface area contributed by atoms with Crippen molar-refractivity contribution in [2.75, 3.05) is 0 Å². The summed E-state index contributed by atoms with van der Waals surface area (Å²) < 4.78 is 39.1. The van der Waals surface area contributed by atoms with E-state index >= 15 is 0 Å². The molecular formula is C9H14F3N5O. The molecule has 3 N–H and O–H groups in total. The molecule has 0 aliphatic carbocycles. The fraction of sp³-hybridized carbons (Fsp3) is 0.667. The maximum Gasteiger partial charge on any atom is 0.415 e. The van der Waals surface area contributed by atoms with Gasteiger partial charge in [0, 0.05) is 7.05 Å². The molecule has 18 heavy (non-hydrogen) atoms. The Kier molecular flexibility index (Phi) is 3.65. The van der Waals surface area contributed by atoms with Crippen LogP contribution in [0.15, 0.2) is 6.33 Å². The van der Waals surface area contributed by atoms with Gasteiger partial charge in [-0.3, -0.25) is 4.79 Å². The normalized spacial score (nSPS) is 17.1. The summed E-state index contributed by atoms with van der Waals surface area (Å²) in [6.45, 7) is 2.11. The van der Waals surface area contributed by atoms with Crippen LogP contribution >= 0.6 is 0 Å². The second-order valence-corrected chi connectivity index (χ2v) is 4.20. The van der Waals surface area contributed by atoms with Gasteiger partial charge in [-0.1, -0.05) is 0 Å². The number of aromatic nitrogens is 3. The molecule has 1 aromatic rings. The van der Waals surface area contributed by atoms with E-state index in [1.54, 1.807) is 7.05 Å². The number of carbonyl (C=O) groups is 1. The number of nitrogens with zero attached hydrogens (tertiary/aromatic N) is 3. The number of halogens is 3. The zero-order chi connectivity index (χ0) is 14.1. The van der Waals surface area contributed by atoms with Crippen LogP contribution in [0.3, 0.4) is 0 Å². The van der Waals surface area contributed by atoms with Crippen molar-refractivity contribution in [1.82, 2.24) is 20.1 Å². The number of nitrogens with two attached hydrogens (primary N) is 1. The summed E-state index contributed by atoms with van der Waals surface area (Å²) in [6.07, 6.45) is -3.44. The number of hydrogen-bond donors (Lipinski definition) is 2. The molecular weight excluding hydrogens is 251 g/mol. The molecule has 6 nitrogen and oxygen atoms in total. The average molecular weight is 265 g/mol. The molecule has 0 aliphatic rings. The molecule has 1 aromatic heterocycles. The van der Waals surface area contributed by atoms with E-state index in [0.717, 1.165) is 0 Å². The molecule has 102 valence electrons. The van der Waals surface area contributed by atoms with Crippen LogP contribution in [0.25, 0.3) is 0 Å². The average Bonchev–Trinajstić information content (AvgIpc) is 2.62. The minimum Gasteiger partial charge on any atom is -0.344 e. The van der Waals surface area contributed by atoms with Crippen LogP contribution in [0, 0.1) is 0 Å². The van der Waals surface area contributed by atoms with E-state index in [1.165, 1.54) is 17.8 Å². The van der Waals surface area contributed by atoms with Crippen molar-refractivity contribution < 1.29 is 18.0 Å². The summed E-state index contributed by atoms with van der Waals surface area (Å²) in [5, 5.41) is 9.42. The van der Waals surface area contributed by atoms with Crippen molar-refractivity contribution in [3.05, 3.63) is 12.2 Å². The number of hydrogen-bond acceptors (Lipinski definition) is 4. The van der Waals surface area contributed by atoms with Gasteiger partial charge in [0.05, 0.1) is 6.04 Å². The first kappa shape index (κ1) is 14.4. The lowest BCUT2D eigenvalue weighted by Gasteiger charge is -2.27. The number of carbonyl (C=O) groups excluding carboxylic acids is 1. The zero-order valence-corrected chi connectivity index (χ0v) is 10.1. The Morgan fingerprint density at radius 3 is 2.50 bits per heavy atom. The molecule has 0 radical (unpaired) electrons. The summed E-state index contributed by atoms with van der Waals surface area (Å²) in [5.74, 6) is -0.980. The van der Waals surface area contributed by atoms with E-state index in [-0.39, 0.29) is 0 Å². The number of rotatable bonds is 3. The van der Waals surface area contributed by atoms with Gasteiger partial charge in [0.25, 0.3) is 0 Å². The summed E-state index contributed by atoms with van der Waals surface area (Å²) in [6, 6.07) is -0.727. The molecule has 0 bridgehead atoms. The van der Waals surface area contributed by atoms with Crippen LogP contribution in [-0.2, 0) is 11.8 Å². The van der Waals surface area contributed by atoms with Crippen LogP contribution in [0.5, 0.6) is 0 Å². The van der Waals surface area contributed by atoms with Crippen LogP contribution in [0.2, 0.25) is 0 Å². The second-order valence-electron chi connectivity index (χ2n) is 4.20. The lowest BCUT2D eigenvalue weighted by atomic mass is 10.0. The molecule has 1 heterocycles. The third-order valence-electron chi connectivity index (χ3n) is 2.54. The Morgan fingerprint density at radius 2 is 2.11 bits per heavy atom. The van der Waals surface area contributed by atoms with Gasteiger partial charge < -0.3 is 15.6 Å². The third kappa shape index (κ3) is 2.61. The molecule has 1 rings (SSSR count). The summed E-state index contributed by atoms with van der Waals surface area (Å²) >= 11 is 0. The zero-order valence-electron chi connectivity index (χ0n) is 10.1. The minimum absolute atomic E-state index is 0.335. The minimum atomic E-state index is -4.82. The fourth-order valence-corrected chi connectivity index (χ4v) is 1.22. The number of alkyl halides is 3. The van der Waals surface area contributed by atoms with E-state index in [2.05, 4.69) is 15.5 Å². The molecule has 2 atom stereocenters. The Balaban J connectivity index is 2.81. The number of nitrogens with one attached hydrogen (secondary N) is 1. The van der Waals surface area contributed by atoms with Crippen LogP contribution in [-0.4, -0.2) is 32.4 Å². The Bertz CT molecular complexity index is 440. The lowest BCUT2D eigenvalue weighted by Crippen LogP contribution is -2.61. The van der Waals surface area contributed by atoms with Crippen molar-refractivity contribution >= 4 is 5.91 Å². The third-order valence-corrected chi connectivity index (χ3v) is 2.54. The Hall–Kier alpha value is -1.64. The predicted molar refractivity (Wildman–Crippen MR) is 56.2 cm³/mol. The topological polar surface area (TPSA) is 85.8 Å². The molecule has 0 aromatic carbocycles. The maximum atomic E-state index is 12.5. The first-order valence-corrected chi connectivity index (χ1v) is 5.08. The molecule has 1 amide bonds. The van der Waals surface area contributed by atoms with E-state index in [9.17, 15) is 18.0 Å². The summed E-state index contributed by atoms with van der Waals surface area (Å²) in [5.41, 5.74) is 2.05. The van der Waals surface area contributed by atoms with Gasteiger partial charge in [-0.2, -0.15) is 13.2 Å². The van der Waals surface area contributed by atoms with Gasteiger partial charge in [-0.25, -0.2) is 0 Å². The summed E-state index contributed by atoms with van der Waals surface area (Å²) in [7, 11) is 1.61. The largest absolute Gasteiger partial charge is 0.415 e. The SMILES string of the molecule is CC(NC(=O)C(C)(N)C(F)(F)F)c1nncn1C. The van der Waals surface area contributed by atoms with Gasteiger partial charge in [-0.15, -0.1) is 10.2 Å². The molecule has 0 aliphatic heterocycles. The van der Waals surface area contributed by atoms with Gasteiger partial charge >= 0.3 is 6.18 Å². The molecule has 2 unspecified atom stereocenters. The number of amides is 1. The molecule has 9 heteroatoms. The Labute approximate surface area is 101 Å².